The molecule has 0 atom stereocenters. The maximum atomic E-state index is 12.2. The summed E-state index contributed by atoms with van der Waals surface area (Å²) in [6, 6.07) is 15.6. The number of amides is 1. The summed E-state index contributed by atoms with van der Waals surface area (Å²) in [5.74, 6) is 2.40. The van der Waals surface area contributed by atoms with Gasteiger partial charge < -0.3 is 24.6 Å². The van der Waals surface area contributed by atoms with E-state index in [-0.39, 0.29) is 36.5 Å². The van der Waals surface area contributed by atoms with Gasteiger partial charge in [0, 0.05) is 39.3 Å². The summed E-state index contributed by atoms with van der Waals surface area (Å²) in [7, 11) is 5.43. The molecular weight excluding hydrogens is 495 g/mol. The molecule has 0 bridgehead atoms. The third-order valence-electron chi connectivity index (χ3n) is 4.82. The van der Waals surface area contributed by atoms with Gasteiger partial charge in [0.2, 0.25) is 0 Å². The number of nitrogens with one attached hydrogen (secondary N) is 1. The molecule has 1 aliphatic heterocycles. The van der Waals surface area contributed by atoms with Crippen molar-refractivity contribution in [3.63, 3.8) is 0 Å². The third-order valence-corrected chi connectivity index (χ3v) is 4.82. The van der Waals surface area contributed by atoms with Crippen LogP contribution in [0.15, 0.2) is 53.5 Å². The third kappa shape index (κ3) is 5.78. The number of hydrogen-bond donors (Lipinski definition) is 1. The van der Waals surface area contributed by atoms with Crippen LogP contribution in [-0.2, 0) is 11.3 Å². The van der Waals surface area contributed by atoms with Crippen LogP contribution in [0.3, 0.4) is 0 Å². The first-order valence-electron chi connectivity index (χ1n) is 9.70. The summed E-state index contributed by atoms with van der Waals surface area (Å²) in [6.45, 7) is 2.10. The van der Waals surface area contributed by atoms with Crippen LogP contribution in [-0.4, -0.2) is 57.7 Å². The highest BCUT2D eigenvalue weighted by Crippen LogP contribution is 2.31. The molecule has 1 N–H and O–H groups in total. The van der Waals surface area contributed by atoms with Crippen molar-refractivity contribution in [2.24, 2.45) is 4.99 Å². The first kappa shape index (κ1) is 23.8. The predicted octanol–water partition coefficient (Wildman–Crippen LogP) is 3.14. The van der Waals surface area contributed by atoms with Crippen molar-refractivity contribution >= 4 is 41.5 Å². The number of ether oxygens (including phenoxy) is 2. The Morgan fingerprint density at radius 1 is 1.23 bits per heavy atom. The van der Waals surface area contributed by atoms with Crippen LogP contribution in [0.5, 0.6) is 11.5 Å². The zero-order valence-corrected chi connectivity index (χ0v) is 20.0. The number of para-hydroxylation sites is 3. The van der Waals surface area contributed by atoms with Crippen LogP contribution in [0.1, 0.15) is 12.0 Å². The Labute approximate surface area is 195 Å². The molecule has 2 aromatic carbocycles. The molecule has 7 nitrogen and oxygen atoms in total. The number of guanidine groups is 1. The second kappa shape index (κ2) is 11.6. The Morgan fingerprint density at radius 3 is 2.73 bits per heavy atom. The van der Waals surface area contributed by atoms with E-state index >= 15 is 0 Å². The average Bonchev–Trinajstić information content (AvgIpc) is 2.75. The molecular formula is C22H29IN4O3. The highest BCUT2D eigenvalue weighted by atomic mass is 127. The Hall–Kier alpha value is -2.49. The molecule has 162 valence electrons. The molecule has 0 fully saturated rings. The number of carbonyl (C=O) groups is 1. The molecule has 3 rings (SSSR count). The van der Waals surface area contributed by atoms with E-state index in [0.717, 1.165) is 35.1 Å². The number of carbonyl (C=O) groups excluding carboxylic acids is 1. The van der Waals surface area contributed by atoms with E-state index in [1.54, 1.807) is 19.1 Å². The summed E-state index contributed by atoms with van der Waals surface area (Å²) in [6.07, 6.45) is 0.793. The van der Waals surface area contributed by atoms with Crippen molar-refractivity contribution in [2.75, 3.05) is 45.8 Å². The molecule has 1 aliphatic rings. The Bertz CT molecular complexity index is 875. The standard InChI is InChI=1S/C22H28N4O3.HI/c1-23-22(25(2)15-17-9-4-6-11-19(17)28-3)24-13-8-14-26-18-10-5-7-12-20(18)29-16-21(26)27;/h4-7,9-12H,8,13-16H2,1-3H3,(H,23,24);1H. The predicted molar refractivity (Wildman–Crippen MR) is 130 cm³/mol. The molecule has 1 heterocycles. The Balaban J connectivity index is 0.00000320. The van der Waals surface area contributed by atoms with Gasteiger partial charge in [-0.2, -0.15) is 0 Å². The monoisotopic (exact) mass is 524 g/mol. The minimum Gasteiger partial charge on any atom is -0.496 e. The molecule has 0 radical (unpaired) electrons. The van der Waals surface area contributed by atoms with Gasteiger partial charge in [0.05, 0.1) is 12.8 Å². The van der Waals surface area contributed by atoms with Crippen LogP contribution in [0.25, 0.3) is 0 Å². The summed E-state index contributed by atoms with van der Waals surface area (Å²) >= 11 is 0. The van der Waals surface area contributed by atoms with Gasteiger partial charge in [-0.1, -0.05) is 30.3 Å². The number of anilines is 1. The van der Waals surface area contributed by atoms with Crippen molar-refractivity contribution in [1.29, 1.82) is 0 Å². The van der Waals surface area contributed by atoms with Crippen LogP contribution >= 0.6 is 24.0 Å². The summed E-state index contributed by atoms with van der Waals surface area (Å²) in [5.41, 5.74) is 1.93. The fourth-order valence-electron chi connectivity index (χ4n) is 3.39. The normalized spacial score (nSPS) is 13.1. The summed E-state index contributed by atoms with van der Waals surface area (Å²) in [4.78, 5) is 20.5. The van der Waals surface area contributed by atoms with E-state index in [2.05, 4.69) is 10.3 Å². The average molecular weight is 524 g/mol. The fourth-order valence-corrected chi connectivity index (χ4v) is 3.39. The molecule has 30 heavy (non-hydrogen) atoms. The molecule has 1 amide bonds. The van der Waals surface area contributed by atoms with E-state index in [4.69, 9.17) is 9.47 Å². The molecule has 0 saturated carbocycles. The molecule has 0 saturated heterocycles. The molecule has 0 aliphatic carbocycles. The number of rotatable bonds is 7. The van der Waals surface area contributed by atoms with Crippen molar-refractivity contribution in [2.45, 2.75) is 13.0 Å². The molecule has 8 heteroatoms. The van der Waals surface area contributed by atoms with Gasteiger partial charge in [-0.05, 0) is 24.6 Å². The lowest BCUT2D eigenvalue weighted by molar-refractivity contribution is -0.121. The first-order valence-corrected chi connectivity index (χ1v) is 9.70. The SMILES string of the molecule is CN=C(NCCCN1C(=O)COc2ccccc21)N(C)Cc1ccccc1OC.I. The van der Waals surface area contributed by atoms with Crippen molar-refractivity contribution in [3.8, 4) is 11.5 Å². The van der Waals surface area contributed by atoms with Crippen molar-refractivity contribution in [1.82, 2.24) is 10.2 Å². The molecule has 0 unspecified atom stereocenters. The van der Waals surface area contributed by atoms with E-state index < -0.39 is 0 Å². The quantitative estimate of drug-likeness (QED) is 0.261. The highest BCUT2D eigenvalue weighted by Gasteiger charge is 2.24. The number of halogens is 1. The topological polar surface area (TPSA) is 66.4 Å². The van der Waals surface area contributed by atoms with Gasteiger partial charge in [-0.15, -0.1) is 24.0 Å². The number of methoxy groups -OCH3 is 1. The largest absolute Gasteiger partial charge is 0.496 e. The zero-order valence-electron chi connectivity index (χ0n) is 17.6. The Morgan fingerprint density at radius 2 is 1.97 bits per heavy atom. The maximum absolute atomic E-state index is 12.2. The number of benzene rings is 2. The lowest BCUT2D eigenvalue weighted by Gasteiger charge is -2.29. The van der Waals surface area contributed by atoms with Crippen LogP contribution in [0.2, 0.25) is 0 Å². The van der Waals surface area contributed by atoms with Gasteiger partial charge in [0.25, 0.3) is 5.91 Å². The summed E-state index contributed by atoms with van der Waals surface area (Å²) in [5, 5.41) is 3.37. The van der Waals surface area contributed by atoms with Gasteiger partial charge >= 0.3 is 0 Å². The lowest BCUT2D eigenvalue weighted by atomic mass is 10.2. The van der Waals surface area contributed by atoms with Gasteiger partial charge in [-0.25, -0.2) is 0 Å². The van der Waals surface area contributed by atoms with Crippen LogP contribution < -0.4 is 19.7 Å². The van der Waals surface area contributed by atoms with Crippen molar-refractivity contribution in [3.05, 3.63) is 54.1 Å². The fraction of sp³-hybridized carbons (Fsp3) is 0.364. The minimum absolute atomic E-state index is 0. The molecule has 0 aromatic heterocycles. The number of nitrogens with zero attached hydrogens (tertiary/aromatic N) is 3. The molecule has 0 spiro atoms. The van der Waals surface area contributed by atoms with Gasteiger partial charge in [0.15, 0.2) is 12.6 Å². The second-order valence-corrected chi connectivity index (χ2v) is 6.80. The minimum atomic E-state index is -0.0126. The van der Waals surface area contributed by atoms with Gasteiger partial charge in [0.1, 0.15) is 11.5 Å². The maximum Gasteiger partial charge on any atom is 0.265 e. The van der Waals surface area contributed by atoms with E-state index in [1.165, 1.54) is 0 Å². The second-order valence-electron chi connectivity index (χ2n) is 6.80. The van der Waals surface area contributed by atoms with Gasteiger partial charge in [-0.3, -0.25) is 9.79 Å². The Kier molecular flexibility index (Phi) is 9.22. The lowest BCUT2D eigenvalue weighted by Crippen LogP contribution is -2.42. The van der Waals surface area contributed by atoms with E-state index in [1.807, 2.05) is 60.5 Å². The van der Waals surface area contributed by atoms with E-state index in [9.17, 15) is 4.79 Å². The number of fused-ring (bicyclic) bond motifs is 1. The van der Waals surface area contributed by atoms with Crippen LogP contribution in [0.4, 0.5) is 5.69 Å². The highest BCUT2D eigenvalue weighted by molar-refractivity contribution is 14.0. The summed E-state index contributed by atoms with van der Waals surface area (Å²) < 4.78 is 10.9. The van der Waals surface area contributed by atoms with Crippen LogP contribution in [0, 0.1) is 0 Å². The number of aliphatic imine (C=N–C) groups is 1. The first-order chi connectivity index (χ1) is 14.1. The van der Waals surface area contributed by atoms with E-state index in [0.29, 0.717) is 19.6 Å². The smallest absolute Gasteiger partial charge is 0.265 e. The zero-order chi connectivity index (χ0) is 20.6. The number of hydrogen-bond acceptors (Lipinski definition) is 4. The van der Waals surface area contributed by atoms with Crippen molar-refractivity contribution < 1.29 is 14.3 Å². The molecule has 2 aromatic rings.